The Morgan fingerprint density at radius 1 is 1.32 bits per heavy atom. The first-order chi connectivity index (χ1) is 10.4. The predicted molar refractivity (Wildman–Crippen MR) is 82.4 cm³/mol. The summed E-state index contributed by atoms with van der Waals surface area (Å²) in [6.07, 6.45) is 2.61. The van der Waals surface area contributed by atoms with Crippen LogP contribution in [-0.2, 0) is 27.8 Å². The Bertz CT molecular complexity index is 656. The van der Waals surface area contributed by atoms with E-state index in [1.54, 1.807) is 11.7 Å². The van der Waals surface area contributed by atoms with Gasteiger partial charge in [0.1, 0.15) is 5.82 Å². The highest BCUT2D eigenvalue weighted by Gasteiger charge is 2.29. The summed E-state index contributed by atoms with van der Waals surface area (Å²) in [5.41, 5.74) is -0.125. The fourth-order valence-electron chi connectivity index (χ4n) is 2.83. The van der Waals surface area contributed by atoms with Gasteiger partial charge in [-0.05, 0) is 19.8 Å². The highest BCUT2D eigenvalue weighted by Crippen LogP contribution is 2.27. The molecule has 0 atom stereocenters. The quantitative estimate of drug-likeness (QED) is 0.723. The predicted octanol–water partition coefficient (Wildman–Crippen LogP) is -0.150. The van der Waals surface area contributed by atoms with Crippen molar-refractivity contribution >= 4 is 10.0 Å². The molecular weight excluding hydrogens is 308 g/mol. The lowest BCUT2D eigenvalue weighted by atomic mass is 9.97. The summed E-state index contributed by atoms with van der Waals surface area (Å²) in [5, 5.41) is 4.45. The van der Waals surface area contributed by atoms with Crippen LogP contribution in [0.2, 0.25) is 0 Å². The highest BCUT2D eigenvalue weighted by molar-refractivity contribution is 7.88. The molecule has 8 nitrogen and oxygen atoms in total. The molecule has 0 unspecified atom stereocenters. The van der Waals surface area contributed by atoms with Crippen molar-refractivity contribution in [3.63, 3.8) is 0 Å². The summed E-state index contributed by atoms with van der Waals surface area (Å²) >= 11 is 0. The summed E-state index contributed by atoms with van der Waals surface area (Å²) in [6.45, 7) is 4.30. The van der Waals surface area contributed by atoms with E-state index in [1.165, 1.54) is 15.2 Å². The van der Waals surface area contributed by atoms with Crippen LogP contribution < -0.4 is 5.69 Å². The first-order valence-corrected chi connectivity index (χ1v) is 9.35. The third kappa shape index (κ3) is 3.58. The van der Waals surface area contributed by atoms with Crippen LogP contribution in [0.15, 0.2) is 4.79 Å². The number of hydrogen-bond donors (Lipinski definition) is 0. The minimum absolute atomic E-state index is 0.120. The van der Waals surface area contributed by atoms with Gasteiger partial charge in [-0.1, -0.05) is 0 Å². The molecule has 0 spiro atoms. The van der Waals surface area contributed by atoms with E-state index < -0.39 is 10.0 Å². The first kappa shape index (κ1) is 17.2. The van der Waals surface area contributed by atoms with E-state index in [2.05, 4.69) is 5.10 Å². The molecule has 0 saturated carbocycles. The van der Waals surface area contributed by atoms with Gasteiger partial charge in [0.15, 0.2) is 0 Å². The van der Waals surface area contributed by atoms with E-state index in [-0.39, 0.29) is 11.6 Å². The average molecular weight is 332 g/mol. The molecule has 1 aliphatic rings. The van der Waals surface area contributed by atoms with Gasteiger partial charge in [-0.2, -0.15) is 5.10 Å². The van der Waals surface area contributed by atoms with Gasteiger partial charge in [-0.25, -0.2) is 22.2 Å². The number of piperidine rings is 1. The lowest BCUT2D eigenvalue weighted by molar-refractivity contribution is 0.182. The van der Waals surface area contributed by atoms with Crippen LogP contribution in [0.25, 0.3) is 0 Å². The lowest BCUT2D eigenvalue weighted by Crippen LogP contribution is -2.37. The van der Waals surface area contributed by atoms with Crippen LogP contribution >= 0.6 is 0 Å². The first-order valence-electron chi connectivity index (χ1n) is 7.50. The van der Waals surface area contributed by atoms with Crippen molar-refractivity contribution in [2.75, 3.05) is 33.1 Å². The maximum Gasteiger partial charge on any atom is 0.345 e. The number of methoxy groups -OCH3 is 1. The Kier molecular flexibility index (Phi) is 5.41. The monoisotopic (exact) mass is 332 g/mol. The molecule has 1 aromatic rings. The number of aromatic nitrogens is 3. The molecule has 126 valence electrons. The number of hydrogen-bond acceptors (Lipinski definition) is 5. The lowest BCUT2D eigenvalue weighted by Gasteiger charge is -2.29. The van der Waals surface area contributed by atoms with Gasteiger partial charge in [0.25, 0.3) is 0 Å². The second kappa shape index (κ2) is 6.93. The van der Waals surface area contributed by atoms with E-state index in [0.717, 1.165) is 5.82 Å². The molecule has 0 aliphatic carbocycles. The number of sulfonamides is 1. The van der Waals surface area contributed by atoms with Gasteiger partial charge in [0.2, 0.25) is 10.0 Å². The van der Waals surface area contributed by atoms with Crippen molar-refractivity contribution in [1.29, 1.82) is 0 Å². The third-order valence-corrected chi connectivity index (χ3v) is 5.37. The van der Waals surface area contributed by atoms with Gasteiger partial charge < -0.3 is 4.74 Å². The zero-order valence-electron chi connectivity index (χ0n) is 13.4. The maximum atomic E-state index is 12.3. The van der Waals surface area contributed by atoms with E-state index >= 15 is 0 Å². The average Bonchev–Trinajstić information content (AvgIpc) is 2.80. The van der Waals surface area contributed by atoms with Crippen LogP contribution in [0.4, 0.5) is 0 Å². The third-order valence-electron chi connectivity index (χ3n) is 4.06. The Hall–Kier alpha value is -1.19. The summed E-state index contributed by atoms with van der Waals surface area (Å²) in [6, 6.07) is 0. The minimum atomic E-state index is -3.14. The maximum absolute atomic E-state index is 12.3. The van der Waals surface area contributed by atoms with Crippen molar-refractivity contribution in [2.45, 2.75) is 38.8 Å². The molecule has 2 heterocycles. The summed E-state index contributed by atoms with van der Waals surface area (Å²) in [4.78, 5) is 12.3. The number of rotatable bonds is 6. The van der Waals surface area contributed by atoms with E-state index in [4.69, 9.17) is 4.74 Å². The van der Waals surface area contributed by atoms with Gasteiger partial charge in [-0.15, -0.1) is 0 Å². The molecule has 0 N–H and O–H groups in total. The molecule has 0 amide bonds. The van der Waals surface area contributed by atoms with Crippen molar-refractivity contribution in [3.8, 4) is 0 Å². The van der Waals surface area contributed by atoms with Crippen molar-refractivity contribution in [1.82, 2.24) is 18.7 Å². The van der Waals surface area contributed by atoms with E-state index in [1.807, 2.05) is 6.92 Å². The fraction of sp³-hybridized carbons (Fsp3) is 0.846. The Morgan fingerprint density at radius 2 is 1.95 bits per heavy atom. The normalized spacial score (nSPS) is 18.0. The molecular formula is C13H24N4O4S. The standard InChI is InChI=1S/C13H24N4O4S/c1-4-16-12(14-17(13(16)18)9-10-21-2)11-5-7-15(8-6-11)22(3,19)20/h11H,4-10H2,1-3H3. The van der Waals surface area contributed by atoms with Gasteiger partial charge >= 0.3 is 5.69 Å². The van der Waals surface area contributed by atoms with Crippen LogP contribution in [0, 0.1) is 0 Å². The Morgan fingerprint density at radius 3 is 2.45 bits per heavy atom. The van der Waals surface area contributed by atoms with Crippen LogP contribution in [0.5, 0.6) is 0 Å². The largest absolute Gasteiger partial charge is 0.383 e. The SMILES string of the molecule is CCn1c(C2CCN(S(C)(=O)=O)CC2)nn(CCOC)c1=O. The van der Waals surface area contributed by atoms with Crippen molar-refractivity contribution in [3.05, 3.63) is 16.3 Å². The van der Waals surface area contributed by atoms with Crippen LogP contribution in [-0.4, -0.2) is 60.1 Å². The Balaban J connectivity index is 2.18. The van der Waals surface area contributed by atoms with Crippen LogP contribution in [0.1, 0.15) is 31.5 Å². The summed E-state index contributed by atoms with van der Waals surface area (Å²) in [5.74, 6) is 0.881. The Labute approximate surface area is 130 Å². The smallest absolute Gasteiger partial charge is 0.345 e. The zero-order chi connectivity index (χ0) is 16.3. The fourth-order valence-corrected chi connectivity index (χ4v) is 3.70. The second-order valence-electron chi connectivity index (χ2n) is 5.54. The van der Waals surface area contributed by atoms with Gasteiger partial charge in [-0.3, -0.25) is 4.57 Å². The molecule has 1 aliphatic heterocycles. The number of nitrogens with zero attached hydrogens (tertiary/aromatic N) is 4. The molecule has 22 heavy (non-hydrogen) atoms. The van der Waals surface area contributed by atoms with Gasteiger partial charge in [0, 0.05) is 32.7 Å². The highest BCUT2D eigenvalue weighted by atomic mass is 32.2. The number of ether oxygens (including phenoxy) is 1. The minimum Gasteiger partial charge on any atom is -0.383 e. The van der Waals surface area contributed by atoms with Crippen molar-refractivity contribution < 1.29 is 13.2 Å². The molecule has 1 saturated heterocycles. The molecule has 2 rings (SSSR count). The molecule has 9 heteroatoms. The molecule has 1 fully saturated rings. The molecule has 0 aromatic carbocycles. The van der Waals surface area contributed by atoms with E-state index in [0.29, 0.717) is 45.6 Å². The van der Waals surface area contributed by atoms with E-state index in [9.17, 15) is 13.2 Å². The summed E-state index contributed by atoms with van der Waals surface area (Å²) < 4.78 is 32.7. The molecule has 1 aromatic heterocycles. The van der Waals surface area contributed by atoms with Crippen LogP contribution in [0.3, 0.4) is 0 Å². The van der Waals surface area contributed by atoms with Gasteiger partial charge in [0.05, 0.1) is 19.4 Å². The topological polar surface area (TPSA) is 86.4 Å². The molecule has 0 radical (unpaired) electrons. The second-order valence-corrected chi connectivity index (χ2v) is 7.52. The molecule has 0 bridgehead atoms. The summed E-state index contributed by atoms with van der Waals surface area (Å²) in [7, 11) is -1.55. The zero-order valence-corrected chi connectivity index (χ0v) is 14.2. The van der Waals surface area contributed by atoms with Crippen molar-refractivity contribution in [2.24, 2.45) is 0 Å².